The molecule has 1 aliphatic heterocycles. The molecule has 4 heteroatoms. The Hall–Kier alpha value is -0.610. The Bertz CT molecular complexity index is 285. The molecular formula is C14H25NO3. The lowest BCUT2D eigenvalue weighted by molar-refractivity contribution is -0.156. The van der Waals surface area contributed by atoms with Crippen LogP contribution in [0.1, 0.15) is 33.1 Å². The fourth-order valence-corrected chi connectivity index (χ4v) is 3.57. The van der Waals surface area contributed by atoms with Crippen molar-refractivity contribution in [2.75, 3.05) is 26.9 Å². The van der Waals surface area contributed by atoms with Gasteiger partial charge in [0, 0.05) is 12.6 Å². The molecular weight excluding hydrogens is 230 g/mol. The topological polar surface area (TPSA) is 38.8 Å². The lowest BCUT2D eigenvalue weighted by atomic mass is 9.79. The van der Waals surface area contributed by atoms with Gasteiger partial charge in [-0.3, -0.25) is 9.69 Å². The number of nitrogens with zero attached hydrogens (tertiary/aromatic N) is 1. The fraction of sp³-hybridized carbons (Fsp3) is 0.929. The van der Waals surface area contributed by atoms with E-state index in [1.165, 1.54) is 26.4 Å². The summed E-state index contributed by atoms with van der Waals surface area (Å²) in [5.41, 5.74) is 0. The predicted octanol–water partition coefficient (Wildman–Crippen LogP) is 1.68. The van der Waals surface area contributed by atoms with Crippen molar-refractivity contribution in [1.82, 2.24) is 4.90 Å². The summed E-state index contributed by atoms with van der Waals surface area (Å²) >= 11 is 0. The first kappa shape index (κ1) is 13.8. The van der Waals surface area contributed by atoms with Crippen molar-refractivity contribution in [3.63, 3.8) is 0 Å². The maximum Gasteiger partial charge on any atom is 0.325 e. The van der Waals surface area contributed by atoms with Crippen LogP contribution in [0, 0.1) is 11.8 Å². The second-order valence-electron chi connectivity index (χ2n) is 5.92. The summed E-state index contributed by atoms with van der Waals surface area (Å²) in [7, 11) is 1.46. The number of rotatable bonds is 2. The van der Waals surface area contributed by atoms with E-state index in [0.717, 1.165) is 25.0 Å². The van der Waals surface area contributed by atoms with Crippen LogP contribution < -0.4 is 0 Å². The van der Waals surface area contributed by atoms with E-state index in [0.29, 0.717) is 12.6 Å². The molecule has 3 atom stereocenters. The molecule has 2 aliphatic rings. The van der Waals surface area contributed by atoms with E-state index in [1.54, 1.807) is 0 Å². The largest absolute Gasteiger partial charge is 0.468 e. The Kier molecular flexibility index (Phi) is 4.62. The highest BCUT2D eigenvalue weighted by molar-refractivity contribution is 5.76. The maximum absolute atomic E-state index is 11.8. The molecule has 1 heterocycles. The van der Waals surface area contributed by atoms with Gasteiger partial charge >= 0.3 is 5.97 Å². The van der Waals surface area contributed by atoms with Crippen molar-refractivity contribution in [3.05, 3.63) is 0 Å². The second kappa shape index (κ2) is 6.02. The van der Waals surface area contributed by atoms with Gasteiger partial charge in [0.1, 0.15) is 6.04 Å². The Morgan fingerprint density at radius 3 is 2.50 bits per heavy atom. The van der Waals surface area contributed by atoms with Crippen molar-refractivity contribution in [3.8, 4) is 0 Å². The average molecular weight is 255 g/mol. The molecule has 0 aromatic carbocycles. The third-order valence-electron chi connectivity index (χ3n) is 4.27. The minimum atomic E-state index is -0.203. The maximum atomic E-state index is 11.8. The molecule has 1 saturated carbocycles. The Morgan fingerprint density at radius 2 is 1.89 bits per heavy atom. The van der Waals surface area contributed by atoms with Gasteiger partial charge in [-0.15, -0.1) is 0 Å². The van der Waals surface area contributed by atoms with Crippen LogP contribution in [-0.2, 0) is 14.3 Å². The zero-order valence-electron chi connectivity index (χ0n) is 11.7. The zero-order chi connectivity index (χ0) is 13.1. The number of carbonyl (C=O) groups is 1. The molecule has 0 bridgehead atoms. The van der Waals surface area contributed by atoms with Crippen LogP contribution in [0.25, 0.3) is 0 Å². The summed E-state index contributed by atoms with van der Waals surface area (Å²) in [4.78, 5) is 14.2. The summed E-state index contributed by atoms with van der Waals surface area (Å²) in [6.07, 6.45) is 3.69. The summed E-state index contributed by atoms with van der Waals surface area (Å²) in [6, 6.07) is 0.308. The highest BCUT2D eigenvalue weighted by Crippen LogP contribution is 2.33. The monoisotopic (exact) mass is 255 g/mol. The van der Waals surface area contributed by atoms with Gasteiger partial charge in [-0.05, 0) is 31.1 Å². The molecule has 104 valence electrons. The van der Waals surface area contributed by atoms with Crippen LogP contribution in [0.2, 0.25) is 0 Å². The average Bonchev–Trinajstić information content (AvgIpc) is 2.36. The molecule has 4 nitrogen and oxygen atoms in total. The standard InChI is InChI=1S/C14H25NO3/c1-10-6-11(2)8-12(7-10)15-4-5-18-9-13(15)14(16)17-3/h10-13H,4-9H2,1-3H3. The molecule has 0 N–H and O–H groups in total. The molecule has 2 fully saturated rings. The zero-order valence-corrected chi connectivity index (χ0v) is 11.7. The van der Waals surface area contributed by atoms with Crippen molar-refractivity contribution < 1.29 is 14.3 Å². The van der Waals surface area contributed by atoms with Gasteiger partial charge in [0.05, 0.1) is 20.3 Å². The number of carbonyl (C=O) groups excluding carboxylic acids is 1. The number of hydrogen-bond acceptors (Lipinski definition) is 4. The summed E-state index contributed by atoms with van der Waals surface area (Å²) in [6.45, 7) is 6.69. The van der Waals surface area contributed by atoms with Crippen LogP contribution in [0.4, 0.5) is 0 Å². The highest BCUT2D eigenvalue weighted by atomic mass is 16.5. The highest BCUT2D eigenvalue weighted by Gasteiger charge is 2.37. The Balaban J connectivity index is 2.05. The molecule has 1 saturated heterocycles. The third kappa shape index (κ3) is 3.04. The predicted molar refractivity (Wildman–Crippen MR) is 69.3 cm³/mol. The van der Waals surface area contributed by atoms with E-state index >= 15 is 0 Å². The first-order valence-corrected chi connectivity index (χ1v) is 7.03. The normalized spacial score (nSPS) is 38.4. The van der Waals surface area contributed by atoms with Gasteiger partial charge < -0.3 is 9.47 Å². The minimum Gasteiger partial charge on any atom is -0.468 e. The van der Waals surface area contributed by atoms with E-state index in [9.17, 15) is 4.79 Å². The molecule has 0 spiro atoms. The fourth-order valence-electron chi connectivity index (χ4n) is 3.57. The molecule has 0 amide bonds. The van der Waals surface area contributed by atoms with Crippen molar-refractivity contribution in [2.45, 2.75) is 45.2 Å². The summed E-state index contributed by atoms with van der Waals surface area (Å²) in [5, 5.41) is 0. The van der Waals surface area contributed by atoms with Crippen LogP contribution >= 0.6 is 0 Å². The Morgan fingerprint density at radius 1 is 1.22 bits per heavy atom. The van der Waals surface area contributed by atoms with Gasteiger partial charge in [-0.1, -0.05) is 13.8 Å². The van der Waals surface area contributed by atoms with Crippen LogP contribution in [-0.4, -0.2) is 49.8 Å². The number of ether oxygens (including phenoxy) is 2. The molecule has 18 heavy (non-hydrogen) atoms. The first-order valence-electron chi connectivity index (χ1n) is 7.03. The number of hydrogen-bond donors (Lipinski definition) is 0. The van der Waals surface area contributed by atoms with Crippen molar-refractivity contribution >= 4 is 5.97 Å². The van der Waals surface area contributed by atoms with Gasteiger partial charge in [-0.2, -0.15) is 0 Å². The van der Waals surface area contributed by atoms with E-state index in [2.05, 4.69) is 18.7 Å². The van der Waals surface area contributed by atoms with E-state index in [4.69, 9.17) is 9.47 Å². The molecule has 3 unspecified atom stereocenters. The van der Waals surface area contributed by atoms with Gasteiger partial charge in [0.15, 0.2) is 0 Å². The minimum absolute atomic E-state index is 0.152. The quantitative estimate of drug-likeness (QED) is 0.704. The van der Waals surface area contributed by atoms with E-state index in [-0.39, 0.29) is 12.0 Å². The molecule has 0 aromatic heterocycles. The van der Waals surface area contributed by atoms with E-state index < -0.39 is 0 Å². The third-order valence-corrected chi connectivity index (χ3v) is 4.27. The van der Waals surface area contributed by atoms with Crippen LogP contribution in [0.3, 0.4) is 0 Å². The van der Waals surface area contributed by atoms with E-state index in [1.807, 2.05) is 0 Å². The van der Waals surface area contributed by atoms with Crippen molar-refractivity contribution in [2.24, 2.45) is 11.8 Å². The van der Waals surface area contributed by atoms with Crippen LogP contribution in [0.15, 0.2) is 0 Å². The SMILES string of the molecule is COC(=O)C1COCCN1C1CC(C)CC(C)C1. The lowest BCUT2D eigenvalue weighted by Gasteiger charge is -2.44. The number of esters is 1. The van der Waals surface area contributed by atoms with Gasteiger partial charge in [0.2, 0.25) is 0 Å². The molecule has 1 aliphatic carbocycles. The van der Waals surface area contributed by atoms with Gasteiger partial charge in [0.25, 0.3) is 0 Å². The summed E-state index contributed by atoms with van der Waals surface area (Å²) < 4.78 is 10.3. The molecule has 0 radical (unpaired) electrons. The smallest absolute Gasteiger partial charge is 0.325 e. The number of morpholine rings is 1. The first-order chi connectivity index (χ1) is 8.61. The van der Waals surface area contributed by atoms with Crippen molar-refractivity contribution in [1.29, 1.82) is 0 Å². The summed E-state index contributed by atoms with van der Waals surface area (Å²) in [5.74, 6) is 1.35. The second-order valence-corrected chi connectivity index (χ2v) is 5.92. The number of methoxy groups -OCH3 is 1. The van der Waals surface area contributed by atoms with Crippen LogP contribution in [0.5, 0.6) is 0 Å². The Labute approximate surface area is 110 Å². The molecule has 0 aromatic rings. The van der Waals surface area contributed by atoms with Gasteiger partial charge in [-0.25, -0.2) is 0 Å². The molecule has 2 rings (SSSR count). The lowest BCUT2D eigenvalue weighted by Crippen LogP contribution is -2.56.